The molecule has 1 N–H and O–H groups in total. The van der Waals surface area contributed by atoms with Gasteiger partial charge in [0.25, 0.3) is 5.91 Å². The minimum atomic E-state index is -0.254. The third-order valence-corrected chi connectivity index (χ3v) is 4.56. The number of hydrogen-bond donors (Lipinski definition) is 1. The maximum Gasteiger partial charge on any atom is 0.291 e. The quantitative estimate of drug-likeness (QED) is 0.579. The molecule has 0 unspecified atom stereocenters. The molecule has 25 heavy (non-hydrogen) atoms. The van der Waals surface area contributed by atoms with E-state index in [0.29, 0.717) is 16.7 Å². The number of furan rings is 1. The van der Waals surface area contributed by atoms with Crippen molar-refractivity contribution in [1.82, 2.24) is 0 Å². The molecule has 3 nitrogen and oxygen atoms in total. The van der Waals surface area contributed by atoms with Crippen molar-refractivity contribution in [1.29, 1.82) is 0 Å². The second-order valence-corrected chi connectivity index (χ2v) is 6.46. The van der Waals surface area contributed by atoms with Crippen LogP contribution in [0.4, 0.5) is 5.69 Å². The Kier molecular flexibility index (Phi) is 5.25. The van der Waals surface area contributed by atoms with Crippen molar-refractivity contribution in [2.45, 2.75) is 26.2 Å². The minimum Gasteiger partial charge on any atom is -0.451 e. The molecule has 3 rings (SSSR count). The molecule has 0 aliphatic carbocycles. The molecule has 0 radical (unpaired) electrons. The van der Waals surface area contributed by atoms with Crippen LogP contribution < -0.4 is 5.32 Å². The van der Waals surface area contributed by atoms with E-state index in [1.165, 1.54) is 0 Å². The summed E-state index contributed by atoms with van der Waals surface area (Å²) in [6, 6.07) is 18.7. The Morgan fingerprint density at radius 1 is 1.08 bits per heavy atom. The maximum atomic E-state index is 12.6. The molecule has 0 fully saturated rings. The van der Waals surface area contributed by atoms with Crippen LogP contribution in [0, 0.1) is 0 Å². The zero-order valence-corrected chi connectivity index (χ0v) is 15.0. The number of anilines is 1. The van der Waals surface area contributed by atoms with Crippen LogP contribution in [0.15, 0.2) is 65.1 Å². The van der Waals surface area contributed by atoms with Crippen molar-refractivity contribution in [3.05, 3.63) is 77.0 Å². The Bertz CT molecular complexity index is 868. The van der Waals surface area contributed by atoms with Crippen molar-refractivity contribution in [2.75, 3.05) is 5.32 Å². The zero-order valence-electron chi connectivity index (χ0n) is 14.3. The lowest BCUT2D eigenvalue weighted by molar-refractivity contribution is 0.0997. The van der Waals surface area contributed by atoms with Crippen molar-refractivity contribution >= 4 is 23.2 Å². The molecular weight excluding hydrogens is 334 g/mol. The highest BCUT2D eigenvalue weighted by atomic mass is 35.5. The third kappa shape index (κ3) is 3.94. The van der Waals surface area contributed by atoms with Crippen LogP contribution in [-0.2, 0) is 0 Å². The summed E-state index contributed by atoms with van der Waals surface area (Å²) < 4.78 is 5.72. The fourth-order valence-electron chi connectivity index (χ4n) is 2.67. The second kappa shape index (κ2) is 7.58. The molecule has 0 saturated carbocycles. The second-order valence-electron chi connectivity index (χ2n) is 6.02. The molecule has 1 atom stereocenters. The summed E-state index contributed by atoms with van der Waals surface area (Å²) in [5.41, 5.74) is 2.83. The Hall–Kier alpha value is -2.52. The van der Waals surface area contributed by atoms with Gasteiger partial charge in [0.1, 0.15) is 5.76 Å². The van der Waals surface area contributed by atoms with Crippen LogP contribution in [0.5, 0.6) is 0 Å². The number of carbonyl (C=O) groups excluding carboxylic acids is 1. The number of benzene rings is 2. The van der Waals surface area contributed by atoms with Crippen LogP contribution >= 0.6 is 11.6 Å². The van der Waals surface area contributed by atoms with E-state index in [-0.39, 0.29) is 11.7 Å². The molecule has 0 spiro atoms. The predicted octanol–water partition coefficient (Wildman–Crippen LogP) is 6.37. The van der Waals surface area contributed by atoms with E-state index in [9.17, 15) is 4.79 Å². The average Bonchev–Trinajstić information content (AvgIpc) is 3.12. The molecule has 0 aliphatic heterocycles. The summed E-state index contributed by atoms with van der Waals surface area (Å²) in [6.45, 7) is 4.28. The number of rotatable bonds is 5. The van der Waals surface area contributed by atoms with Gasteiger partial charge < -0.3 is 9.73 Å². The van der Waals surface area contributed by atoms with Gasteiger partial charge in [0, 0.05) is 16.3 Å². The molecule has 1 aromatic heterocycles. The fourth-order valence-corrected chi connectivity index (χ4v) is 2.80. The molecule has 1 amide bonds. The van der Waals surface area contributed by atoms with Crippen LogP contribution in [0.2, 0.25) is 5.02 Å². The smallest absolute Gasteiger partial charge is 0.291 e. The van der Waals surface area contributed by atoms with Gasteiger partial charge >= 0.3 is 0 Å². The number of para-hydroxylation sites is 1. The van der Waals surface area contributed by atoms with Gasteiger partial charge in [0.15, 0.2) is 5.76 Å². The van der Waals surface area contributed by atoms with Gasteiger partial charge in [-0.1, -0.05) is 43.6 Å². The number of carbonyl (C=O) groups is 1. The summed E-state index contributed by atoms with van der Waals surface area (Å²) in [5.74, 6) is 1.04. The predicted molar refractivity (Wildman–Crippen MR) is 102 cm³/mol. The summed E-state index contributed by atoms with van der Waals surface area (Å²) in [7, 11) is 0. The number of halogens is 1. The monoisotopic (exact) mass is 353 g/mol. The Labute approximate surface area is 152 Å². The van der Waals surface area contributed by atoms with Crippen LogP contribution in [0.3, 0.4) is 0 Å². The number of amides is 1. The van der Waals surface area contributed by atoms with Gasteiger partial charge in [0.2, 0.25) is 0 Å². The van der Waals surface area contributed by atoms with Crippen molar-refractivity contribution in [3.63, 3.8) is 0 Å². The van der Waals surface area contributed by atoms with Crippen LogP contribution in [-0.4, -0.2) is 5.91 Å². The highest BCUT2D eigenvalue weighted by molar-refractivity contribution is 6.30. The Morgan fingerprint density at radius 3 is 2.52 bits per heavy atom. The third-order valence-electron chi connectivity index (χ3n) is 4.31. The molecule has 0 aliphatic rings. The average molecular weight is 354 g/mol. The van der Waals surface area contributed by atoms with Gasteiger partial charge in [-0.2, -0.15) is 0 Å². The lowest BCUT2D eigenvalue weighted by Gasteiger charge is -2.15. The number of nitrogens with one attached hydrogen (secondary N) is 1. The Morgan fingerprint density at radius 2 is 1.80 bits per heavy atom. The van der Waals surface area contributed by atoms with Crippen molar-refractivity contribution in [3.8, 4) is 11.3 Å². The van der Waals surface area contributed by atoms with Crippen LogP contribution in [0.25, 0.3) is 11.3 Å². The first-order chi connectivity index (χ1) is 12.1. The lowest BCUT2D eigenvalue weighted by atomic mass is 9.97. The van der Waals surface area contributed by atoms with E-state index in [0.717, 1.165) is 23.2 Å². The standard InChI is InChI=1S/C21H20ClNO2/c1-3-14(2)17-6-4-5-7-18(17)23-21(24)20-13-12-19(25-20)15-8-10-16(22)11-9-15/h4-14H,3H2,1-2H3,(H,23,24)/t14-/m0/s1. The topological polar surface area (TPSA) is 42.2 Å². The van der Waals surface area contributed by atoms with Gasteiger partial charge in [-0.25, -0.2) is 0 Å². The molecule has 0 bridgehead atoms. The summed E-state index contributed by atoms with van der Waals surface area (Å²) in [5, 5.41) is 3.62. The van der Waals surface area contributed by atoms with Crippen molar-refractivity contribution < 1.29 is 9.21 Å². The van der Waals surface area contributed by atoms with Gasteiger partial charge in [-0.3, -0.25) is 4.79 Å². The summed E-state index contributed by atoms with van der Waals surface area (Å²) in [4.78, 5) is 12.6. The van der Waals surface area contributed by atoms with Gasteiger partial charge in [-0.15, -0.1) is 0 Å². The van der Waals surface area contributed by atoms with E-state index in [1.54, 1.807) is 24.3 Å². The SMILES string of the molecule is CC[C@H](C)c1ccccc1NC(=O)c1ccc(-c2ccc(Cl)cc2)o1. The van der Waals surface area contributed by atoms with Crippen LogP contribution in [0.1, 0.15) is 42.3 Å². The largest absolute Gasteiger partial charge is 0.451 e. The first-order valence-corrected chi connectivity index (χ1v) is 8.72. The molecule has 2 aromatic carbocycles. The van der Waals surface area contributed by atoms with E-state index in [4.69, 9.17) is 16.0 Å². The lowest BCUT2D eigenvalue weighted by Crippen LogP contribution is -2.13. The van der Waals surface area contributed by atoms with Crippen molar-refractivity contribution in [2.24, 2.45) is 0 Å². The highest BCUT2D eigenvalue weighted by Crippen LogP contribution is 2.28. The summed E-state index contributed by atoms with van der Waals surface area (Å²) in [6.07, 6.45) is 1.01. The van der Waals surface area contributed by atoms with E-state index >= 15 is 0 Å². The number of hydrogen-bond acceptors (Lipinski definition) is 2. The molecule has 3 aromatic rings. The normalized spacial score (nSPS) is 12.0. The maximum absolute atomic E-state index is 12.6. The van der Waals surface area contributed by atoms with E-state index < -0.39 is 0 Å². The van der Waals surface area contributed by atoms with Gasteiger partial charge in [-0.05, 0) is 60.4 Å². The fraction of sp³-hybridized carbons (Fsp3) is 0.190. The highest BCUT2D eigenvalue weighted by Gasteiger charge is 2.15. The van der Waals surface area contributed by atoms with E-state index in [2.05, 4.69) is 19.2 Å². The molecular formula is C21H20ClNO2. The molecule has 1 heterocycles. The minimum absolute atomic E-state index is 0.254. The summed E-state index contributed by atoms with van der Waals surface area (Å²) >= 11 is 5.90. The molecule has 4 heteroatoms. The Balaban J connectivity index is 1.80. The zero-order chi connectivity index (χ0) is 17.8. The van der Waals surface area contributed by atoms with E-state index in [1.807, 2.05) is 36.4 Å². The molecule has 128 valence electrons. The van der Waals surface area contributed by atoms with Gasteiger partial charge in [0.05, 0.1) is 0 Å². The first kappa shape index (κ1) is 17.3. The molecule has 0 saturated heterocycles. The first-order valence-electron chi connectivity index (χ1n) is 8.34.